The van der Waals surface area contributed by atoms with Crippen LogP contribution >= 0.6 is 22.6 Å². The second-order valence-electron chi connectivity index (χ2n) is 4.25. The Labute approximate surface area is 127 Å². The Morgan fingerprint density at radius 1 is 1.30 bits per heavy atom. The zero-order valence-corrected chi connectivity index (χ0v) is 12.2. The average Bonchev–Trinajstić information content (AvgIpc) is 2.97. The third-order valence-electron chi connectivity index (χ3n) is 3.10. The molecule has 0 aliphatic carbocycles. The van der Waals surface area contributed by atoms with E-state index in [4.69, 9.17) is 10.5 Å². The van der Waals surface area contributed by atoms with Crippen LogP contribution in [0.15, 0.2) is 12.7 Å². The molecule has 4 N–H and O–H groups in total. The van der Waals surface area contributed by atoms with E-state index in [0.29, 0.717) is 11.2 Å². The molecule has 0 bridgehead atoms. The van der Waals surface area contributed by atoms with Crippen LogP contribution in [-0.2, 0) is 4.74 Å². The maximum absolute atomic E-state index is 10.1. The summed E-state index contributed by atoms with van der Waals surface area (Å²) in [4.78, 5) is 12.0. The molecule has 1 aliphatic heterocycles. The number of aliphatic hydroxyl groups excluding tert-OH is 2. The smallest absolute Gasteiger partial charge is 0.167 e. The number of anilines is 1. The van der Waals surface area contributed by atoms with Crippen molar-refractivity contribution in [2.24, 2.45) is 0 Å². The Bertz CT molecular complexity index is 709. The zero-order chi connectivity index (χ0) is 14.3. The second-order valence-corrected chi connectivity index (χ2v) is 4.79. The first kappa shape index (κ1) is 13.5. The van der Waals surface area contributed by atoms with Gasteiger partial charge < -0.3 is 20.7 Å². The summed E-state index contributed by atoms with van der Waals surface area (Å²) in [5, 5.41) is 20.0. The van der Waals surface area contributed by atoms with Crippen LogP contribution in [0.4, 0.5) is 5.82 Å². The molecule has 0 radical (unpaired) electrons. The molecule has 4 atom stereocenters. The summed E-state index contributed by atoms with van der Waals surface area (Å²) in [6, 6.07) is 0. The van der Waals surface area contributed by atoms with Crippen LogP contribution in [0.2, 0.25) is 0 Å². The normalized spacial score (nSPS) is 29.4. The predicted molar refractivity (Wildman–Crippen MR) is 77.5 cm³/mol. The molecular weight excluding hydrogens is 377 g/mol. The molecule has 1 fully saturated rings. The molecule has 1 aliphatic rings. The lowest BCUT2D eigenvalue weighted by molar-refractivity contribution is -0.0230. The SMILES string of the molecule is Nc1ncnc2c1ncn2C1O[C@H](C#CI)[C@@H](O)[C@H]1O. The summed E-state index contributed by atoms with van der Waals surface area (Å²) in [6.45, 7) is 0. The van der Waals surface area contributed by atoms with Gasteiger partial charge in [-0.1, -0.05) is 5.92 Å². The number of fused-ring (bicyclic) bond motifs is 1. The molecule has 0 amide bonds. The fraction of sp³-hybridized carbons (Fsp3) is 0.364. The highest BCUT2D eigenvalue weighted by Crippen LogP contribution is 2.31. The van der Waals surface area contributed by atoms with Crippen LogP contribution in [0, 0.1) is 9.85 Å². The van der Waals surface area contributed by atoms with Crippen molar-refractivity contribution < 1.29 is 14.9 Å². The van der Waals surface area contributed by atoms with E-state index in [0.717, 1.165) is 0 Å². The molecule has 0 spiro atoms. The molecule has 8 nitrogen and oxygen atoms in total. The molecule has 104 valence electrons. The van der Waals surface area contributed by atoms with Crippen molar-refractivity contribution in [2.75, 3.05) is 5.73 Å². The molecule has 20 heavy (non-hydrogen) atoms. The monoisotopic (exact) mass is 387 g/mol. The zero-order valence-electron chi connectivity index (χ0n) is 10.0. The highest BCUT2D eigenvalue weighted by Gasteiger charge is 2.43. The Morgan fingerprint density at radius 2 is 2.10 bits per heavy atom. The lowest BCUT2D eigenvalue weighted by atomic mass is 10.1. The highest BCUT2D eigenvalue weighted by atomic mass is 127. The Morgan fingerprint density at radius 3 is 2.85 bits per heavy atom. The molecule has 2 aromatic rings. The van der Waals surface area contributed by atoms with Gasteiger partial charge in [0.15, 0.2) is 17.7 Å². The average molecular weight is 387 g/mol. The molecule has 9 heteroatoms. The van der Waals surface area contributed by atoms with Crippen LogP contribution in [0.3, 0.4) is 0 Å². The summed E-state index contributed by atoms with van der Waals surface area (Å²) in [7, 11) is 0. The first-order valence-electron chi connectivity index (χ1n) is 5.69. The molecule has 0 aromatic carbocycles. The molecule has 1 saturated heterocycles. The van der Waals surface area contributed by atoms with E-state index in [-0.39, 0.29) is 5.82 Å². The Hall–Kier alpha value is -1.48. The fourth-order valence-corrected chi connectivity index (χ4v) is 2.43. The number of imidazole rings is 1. The quantitative estimate of drug-likeness (QED) is 0.443. The first-order chi connectivity index (χ1) is 9.63. The van der Waals surface area contributed by atoms with E-state index in [9.17, 15) is 10.2 Å². The first-order valence-corrected chi connectivity index (χ1v) is 6.77. The molecule has 3 heterocycles. The van der Waals surface area contributed by atoms with Crippen LogP contribution in [0.1, 0.15) is 6.23 Å². The fourth-order valence-electron chi connectivity index (χ4n) is 2.12. The minimum Gasteiger partial charge on any atom is -0.386 e. The maximum atomic E-state index is 10.1. The molecule has 3 rings (SSSR count). The lowest BCUT2D eigenvalue weighted by Crippen LogP contribution is -2.30. The van der Waals surface area contributed by atoms with Gasteiger partial charge in [0.25, 0.3) is 0 Å². The van der Waals surface area contributed by atoms with Crippen LogP contribution < -0.4 is 5.73 Å². The maximum Gasteiger partial charge on any atom is 0.167 e. The van der Waals surface area contributed by atoms with Gasteiger partial charge >= 0.3 is 0 Å². The number of aliphatic hydroxyl groups is 2. The summed E-state index contributed by atoms with van der Waals surface area (Å²) < 4.78 is 9.70. The van der Waals surface area contributed by atoms with E-state index >= 15 is 0 Å². The van der Waals surface area contributed by atoms with Crippen molar-refractivity contribution in [3.05, 3.63) is 12.7 Å². The number of rotatable bonds is 1. The minimum atomic E-state index is -1.13. The van der Waals surface area contributed by atoms with Crippen LogP contribution in [0.25, 0.3) is 11.2 Å². The van der Waals surface area contributed by atoms with Crippen molar-refractivity contribution >= 4 is 39.6 Å². The number of hydrogen-bond acceptors (Lipinski definition) is 7. The van der Waals surface area contributed by atoms with Gasteiger partial charge in [0.05, 0.1) is 6.33 Å². The number of halogens is 1. The highest BCUT2D eigenvalue weighted by molar-refractivity contribution is 14.1. The van der Waals surface area contributed by atoms with Gasteiger partial charge in [-0.25, -0.2) is 15.0 Å². The van der Waals surface area contributed by atoms with Crippen molar-refractivity contribution in [2.45, 2.75) is 24.5 Å². The summed E-state index contributed by atoms with van der Waals surface area (Å²) in [5.41, 5.74) is 6.55. The number of nitrogens with two attached hydrogens (primary N) is 1. The van der Waals surface area contributed by atoms with Gasteiger partial charge in [-0.15, -0.1) is 0 Å². The predicted octanol–water partition coefficient (Wildman–Crippen LogP) is -0.576. The third-order valence-corrected chi connectivity index (χ3v) is 3.41. The van der Waals surface area contributed by atoms with E-state index in [1.165, 1.54) is 17.2 Å². The summed E-state index contributed by atoms with van der Waals surface area (Å²) in [6.07, 6.45) is -1.08. The van der Waals surface area contributed by atoms with E-state index in [2.05, 4.69) is 24.8 Å². The van der Waals surface area contributed by atoms with Gasteiger partial charge in [-0.3, -0.25) is 4.57 Å². The summed E-state index contributed by atoms with van der Waals surface area (Å²) in [5.74, 6) is 2.93. The van der Waals surface area contributed by atoms with Crippen molar-refractivity contribution in [3.8, 4) is 9.85 Å². The van der Waals surface area contributed by atoms with Gasteiger partial charge in [0, 0.05) is 22.6 Å². The lowest BCUT2D eigenvalue weighted by Gasteiger charge is -2.16. The van der Waals surface area contributed by atoms with Gasteiger partial charge in [-0.05, 0) is 3.93 Å². The third kappa shape index (κ3) is 2.01. The number of aromatic nitrogens is 4. The van der Waals surface area contributed by atoms with Gasteiger partial charge in [-0.2, -0.15) is 0 Å². The van der Waals surface area contributed by atoms with E-state index in [1.54, 1.807) is 0 Å². The van der Waals surface area contributed by atoms with E-state index in [1.807, 2.05) is 22.6 Å². The number of nitrogens with zero attached hydrogens (tertiary/aromatic N) is 4. The molecule has 2 aromatic heterocycles. The molecule has 1 unspecified atom stereocenters. The Balaban J connectivity index is 2.03. The van der Waals surface area contributed by atoms with Crippen molar-refractivity contribution in [3.63, 3.8) is 0 Å². The van der Waals surface area contributed by atoms with Gasteiger partial charge in [0.2, 0.25) is 0 Å². The van der Waals surface area contributed by atoms with Crippen molar-refractivity contribution in [1.29, 1.82) is 0 Å². The van der Waals surface area contributed by atoms with E-state index < -0.39 is 24.5 Å². The van der Waals surface area contributed by atoms with Gasteiger partial charge in [0.1, 0.15) is 30.2 Å². The number of nitrogen functional groups attached to an aromatic ring is 1. The topological polar surface area (TPSA) is 119 Å². The minimum absolute atomic E-state index is 0.241. The number of hydrogen-bond donors (Lipinski definition) is 3. The molecular formula is C11H10IN5O3. The van der Waals surface area contributed by atoms with Crippen LogP contribution in [0.5, 0.6) is 0 Å². The second kappa shape index (κ2) is 5.13. The Kier molecular flexibility index (Phi) is 3.47. The number of ether oxygens (including phenoxy) is 1. The molecule has 0 saturated carbocycles. The summed E-state index contributed by atoms with van der Waals surface area (Å²) >= 11 is 1.84. The standard InChI is InChI=1S/C11H10IN5O3/c12-2-1-5-7(18)8(19)11(20-5)17-4-16-6-9(13)14-3-15-10(6)17/h3-5,7-8,11,18-19H,(H2,13,14,15)/t5-,7-,8-,11?/m1/s1. The van der Waals surface area contributed by atoms with Crippen LogP contribution in [-0.4, -0.2) is 48.0 Å². The van der Waals surface area contributed by atoms with Crippen molar-refractivity contribution in [1.82, 2.24) is 19.5 Å². The largest absolute Gasteiger partial charge is 0.386 e.